The van der Waals surface area contributed by atoms with Crippen molar-refractivity contribution in [1.29, 1.82) is 0 Å². The summed E-state index contributed by atoms with van der Waals surface area (Å²) >= 11 is 1.65. The van der Waals surface area contributed by atoms with Gasteiger partial charge in [0.1, 0.15) is 12.1 Å². The van der Waals surface area contributed by atoms with Crippen molar-refractivity contribution in [1.82, 2.24) is 5.32 Å². The minimum absolute atomic E-state index is 0.201. The molecular weight excluding hydrogens is 466 g/mol. The number of rotatable bonds is 7. The van der Waals surface area contributed by atoms with Crippen molar-refractivity contribution in [3.63, 3.8) is 0 Å². The number of hydrogen-bond donors (Lipinski definition) is 1. The third kappa shape index (κ3) is 3.48. The number of carbonyl (C=O) groups is 4. The van der Waals surface area contributed by atoms with Crippen molar-refractivity contribution >= 4 is 46.8 Å². The Morgan fingerprint density at radius 1 is 1.06 bits per heavy atom. The quantitative estimate of drug-likeness (QED) is 0.467. The van der Waals surface area contributed by atoms with E-state index in [4.69, 9.17) is 4.74 Å². The fourth-order valence-corrected chi connectivity index (χ4v) is 6.25. The average Bonchev–Trinajstić information content (AvgIpc) is 3.43. The third-order valence-electron chi connectivity index (χ3n) is 7.11. The largest absolute Gasteiger partial charge is 0.465 e. The van der Waals surface area contributed by atoms with Gasteiger partial charge < -0.3 is 4.74 Å². The molecule has 35 heavy (non-hydrogen) atoms. The van der Waals surface area contributed by atoms with E-state index in [0.29, 0.717) is 23.4 Å². The normalized spacial score (nSPS) is 27.0. The van der Waals surface area contributed by atoms with Gasteiger partial charge in [-0.25, -0.2) is 4.90 Å². The van der Waals surface area contributed by atoms with Crippen LogP contribution in [0.4, 0.5) is 11.4 Å². The number of nitrogens with zero attached hydrogens (tertiary/aromatic N) is 2. The molecule has 3 aliphatic heterocycles. The lowest BCUT2D eigenvalue weighted by atomic mass is 9.76. The van der Waals surface area contributed by atoms with Crippen LogP contribution >= 0.6 is 11.8 Å². The third-order valence-corrected chi connectivity index (χ3v) is 7.75. The summed E-state index contributed by atoms with van der Waals surface area (Å²) in [5, 5.41) is 3.45. The number of thioether (sulfide) groups is 1. The average molecular weight is 494 g/mol. The highest BCUT2D eigenvalue weighted by Gasteiger charge is 2.71. The first-order chi connectivity index (χ1) is 17.0. The van der Waals surface area contributed by atoms with E-state index in [0.717, 1.165) is 5.75 Å². The fraction of sp³-hybridized carbons (Fsp3) is 0.385. The number of anilines is 2. The van der Waals surface area contributed by atoms with Gasteiger partial charge in [-0.05, 0) is 43.6 Å². The molecule has 2 aromatic carbocycles. The van der Waals surface area contributed by atoms with Crippen LogP contribution in [0.25, 0.3) is 0 Å². The summed E-state index contributed by atoms with van der Waals surface area (Å²) in [4.78, 5) is 56.8. The Labute approximate surface area is 208 Å². The summed E-state index contributed by atoms with van der Waals surface area (Å²) in [6.07, 6.45) is 2.61. The van der Waals surface area contributed by atoms with Crippen LogP contribution in [0.15, 0.2) is 54.6 Å². The molecule has 0 aromatic heterocycles. The number of imide groups is 1. The fourth-order valence-electron chi connectivity index (χ4n) is 5.76. The first kappa shape index (κ1) is 23.6. The number of hydrogen-bond acceptors (Lipinski definition) is 7. The number of esters is 1. The molecule has 8 nitrogen and oxygen atoms in total. The van der Waals surface area contributed by atoms with Crippen LogP contribution in [-0.2, 0) is 29.5 Å². The molecule has 1 spiro atoms. The molecule has 2 aromatic rings. The van der Waals surface area contributed by atoms with Crippen molar-refractivity contribution in [2.75, 3.05) is 35.0 Å². The van der Waals surface area contributed by atoms with E-state index in [1.165, 1.54) is 9.80 Å². The maximum Gasteiger partial charge on any atom is 0.326 e. The maximum absolute atomic E-state index is 14.2. The van der Waals surface area contributed by atoms with Crippen LogP contribution in [0.2, 0.25) is 0 Å². The zero-order chi connectivity index (χ0) is 24.7. The molecule has 2 saturated heterocycles. The number of para-hydroxylation sites is 2. The topological polar surface area (TPSA) is 96.0 Å². The molecule has 0 bridgehead atoms. The van der Waals surface area contributed by atoms with Crippen LogP contribution in [0, 0.1) is 11.8 Å². The Morgan fingerprint density at radius 3 is 2.49 bits per heavy atom. The van der Waals surface area contributed by atoms with E-state index < -0.39 is 35.2 Å². The Kier molecular flexibility index (Phi) is 6.14. The van der Waals surface area contributed by atoms with Crippen molar-refractivity contribution in [2.24, 2.45) is 11.8 Å². The molecule has 3 aliphatic rings. The van der Waals surface area contributed by atoms with E-state index in [9.17, 15) is 19.2 Å². The summed E-state index contributed by atoms with van der Waals surface area (Å²) in [5.41, 5.74) is 0.248. The Morgan fingerprint density at radius 2 is 1.77 bits per heavy atom. The Hall–Kier alpha value is -3.17. The van der Waals surface area contributed by atoms with Crippen LogP contribution in [0.1, 0.15) is 18.9 Å². The van der Waals surface area contributed by atoms with Gasteiger partial charge in [0.25, 0.3) is 5.91 Å². The molecule has 4 atom stereocenters. The molecule has 1 N–H and O–H groups in total. The standard InChI is InChI=1S/C26H27N3O5S/c1-3-34-20(30)15-28-19-12-8-7-11-17(19)26(25(28)33)22-21(18(27-26)13-14-35-2)23(31)29(24(22)32)16-9-5-4-6-10-16/h4-12,18,21-22,27H,3,13-15H2,1-2H3/t18-,21+,22+,26-/m0/s1. The van der Waals surface area contributed by atoms with Gasteiger partial charge in [-0.2, -0.15) is 11.8 Å². The zero-order valence-electron chi connectivity index (χ0n) is 19.6. The first-order valence-corrected chi connectivity index (χ1v) is 13.1. The van der Waals surface area contributed by atoms with E-state index in [1.807, 2.05) is 24.5 Å². The van der Waals surface area contributed by atoms with Crippen molar-refractivity contribution in [3.8, 4) is 0 Å². The second-order valence-electron chi connectivity index (χ2n) is 8.90. The number of amides is 3. The molecule has 0 saturated carbocycles. The molecule has 2 fully saturated rings. The van der Waals surface area contributed by atoms with Gasteiger partial charge >= 0.3 is 5.97 Å². The highest BCUT2D eigenvalue weighted by atomic mass is 32.2. The van der Waals surface area contributed by atoms with E-state index >= 15 is 0 Å². The molecule has 5 rings (SSSR count). The van der Waals surface area contributed by atoms with Gasteiger partial charge in [-0.3, -0.25) is 29.4 Å². The van der Waals surface area contributed by atoms with Crippen LogP contribution in [0.3, 0.4) is 0 Å². The lowest BCUT2D eigenvalue weighted by molar-refractivity contribution is -0.142. The summed E-state index contributed by atoms with van der Waals surface area (Å²) in [7, 11) is 0. The smallest absolute Gasteiger partial charge is 0.326 e. The number of fused-ring (bicyclic) bond motifs is 4. The van der Waals surface area contributed by atoms with Gasteiger partial charge in [-0.15, -0.1) is 0 Å². The SMILES string of the molecule is CCOC(=O)CN1C(=O)[C@]2(N[C@@H](CCSC)[C@H]3C(=O)N(c4ccccc4)C(=O)[C@@H]32)c2ccccc21. The summed E-state index contributed by atoms with van der Waals surface area (Å²) in [6, 6.07) is 15.6. The van der Waals surface area contributed by atoms with Gasteiger partial charge in [0, 0.05) is 17.3 Å². The lowest BCUT2D eigenvalue weighted by Crippen LogP contribution is -2.55. The summed E-state index contributed by atoms with van der Waals surface area (Å²) in [5.74, 6) is -2.45. The minimum Gasteiger partial charge on any atom is -0.465 e. The highest BCUT2D eigenvalue weighted by Crippen LogP contribution is 2.55. The van der Waals surface area contributed by atoms with Gasteiger partial charge in [0.15, 0.2) is 0 Å². The molecule has 0 radical (unpaired) electrons. The molecule has 182 valence electrons. The number of ether oxygens (including phenoxy) is 1. The van der Waals surface area contributed by atoms with Gasteiger partial charge in [0.2, 0.25) is 11.8 Å². The summed E-state index contributed by atoms with van der Waals surface area (Å²) in [6.45, 7) is 1.65. The Balaban J connectivity index is 1.63. The first-order valence-electron chi connectivity index (χ1n) is 11.7. The monoisotopic (exact) mass is 493 g/mol. The van der Waals surface area contributed by atoms with E-state index in [1.54, 1.807) is 55.1 Å². The maximum atomic E-state index is 14.2. The predicted octanol–water partition coefficient (Wildman–Crippen LogP) is 2.32. The van der Waals surface area contributed by atoms with Gasteiger partial charge in [0.05, 0.1) is 24.1 Å². The summed E-state index contributed by atoms with van der Waals surface area (Å²) < 4.78 is 5.11. The van der Waals surface area contributed by atoms with E-state index in [2.05, 4.69) is 5.32 Å². The number of nitrogens with one attached hydrogen (secondary N) is 1. The predicted molar refractivity (Wildman–Crippen MR) is 133 cm³/mol. The molecule has 3 heterocycles. The number of carbonyl (C=O) groups excluding carboxylic acids is 4. The van der Waals surface area contributed by atoms with Crippen LogP contribution < -0.4 is 15.1 Å². The van der Waals surface area contributed by atoms with Crippen molar-refractivity contribution in [2.45, 2.75) is 24.9 Å². The van der Waals surface area contributed by atoms with Crippen LogP contribution in [0.5, 0.6) is 0 Å². The van der Waals surface area contributed by atoms with Crippen LogP contribution in [-0.4, -0.2) is 54.9 Å². The lowest BCUT2D eigenvalue weighted by Gasteiger charge is -2.30. The van der Waals surface area contributed by atoms with E-state index in [-0.39, 0.29) is 25.1 Å². The molecule has 0 aliphatic carbocycles. The molecular formula is C26H27N3O5S. The second-order valence-corrected chi connectivity index (χ2v) is 9.89. The molecule has 0 unspecified atom stereocenters. The zero-order valence-corrected chi connectivity index (χ0v) is 20.4. The molecule has 9 heteroatoms. The highest BCUT2D eigenvalue weighted by molar-refractivity contribution is 7.98. The Bertz CT molecular complexity index is 1190. The van der Waals surface area contributed by atoms with Crippen molar-refractivity contribution in [3.05, 3.63) is 60.2 Å². The number of benzene rings is 2. The van der Waals surface area contributed by atoms with Gasteiger partial charge in [-0.1, -0.05) is 36.4 Å². The minimum atomic E-state index is -1.42. The second kappa shape index (κ2) is 9.13. The van der Waals surface area contributed by atoms with Crippen molar-refractivity contribution < 1.29 is 23.9 Å². The molecule has 3 amide bonds.